The minimum absolute atomic E-state index is 0.0909. The largest absolute Gasteiger partial charge is 0.348 e. The van der Waals surface area contributed by atoms with Gasteiger partial charge in [0.15, 0.2) is 0 Å². The fraction of sp³-hybridized carbons (Fsp3) is 0.636. The Morgan fingerprint density at radius 2 is 1.83 bits per heavy atom. The van der Waals surface area contributed by atoms with Crippen molar-refractivity contribution in [3.05, 3.63) is 26.5 Å². The highest BCUT2D eigenvalue weighted by molar-refractivity contribution is 5.91. The van der Waals surface area contributed by atoms with Gasteiger partial charge in [-0.1, -0.05) is 25.7 Å². The predicted octanol–water partition coefficient (Wildman–Crippen LogP) is -0.0892. The average molecular weight is 252 g/mol. The summed E-state index contributed by atoms with van der Waals surface area (Å²) in [5.41, 5.74) is -1.77. The fourth-order valence-corrected chi connectivity index (χ4v) is 2.18. The molecule has 0 bridgehead atoms. The van der Waals surface area contributed by atoms with Gasteiger partial charge in [-0.2, -0.15) is 5.10 Å². The molecule has 1 heterocycles. The molecule has 1 aliphatic rings. The van der Waals surface area contributed by atoms with Crippen LogP contribution in [0.1, 0.15) is 49.0 Å². The maximum Gasteiger partial charge on any atom is 0.342 e. The Labute approximate surface area is 103 Å². The van der Waals surface area contributed by atoms with E-state index in [1.807, 2.05) is 10.1 Å². The molecule has 0 radical (unpaired) electrons. The van der Waals surface area contributed by atoms with Gasteiger partial charge in [0.1, 0.15) is 0 Å². The molecule has 0 saturated heterocycles. The van der Waals surface area contributed by atoms with Crippen molar-refractivity contribution >= 4 is 5.91 Å². The molecule has 0 atom stereocenters. The molecule has 3 N–H and O–H groups in total. The Kier molecular flexibility index (Phi) is 3.91. The number of aromatic amines is 2. The number of H-pyrrole nitrogens is 2. The second kappa shape index (κ2) is 5.61. The molecule has 18 heavy (non-hydrogen) atoms. The summed E-state index contributed by atoms with van der Waals surface area (Å²) in [5, 5.41) is 8.31. The maximum absolute atomic E-state index is 11.8. The minimum Gasteiger partial charge on any atom is -0.348 e. The van der Waals surface area contributed by atoms with Crippen molar-refractivity contribution in [1.29, 1.82) is 0 Å². The number of hydrogen-bond acceptors (Lipinski definition) is 4. The number of rotatable bonds is 2. The van der Waals surface area contributed by atoms with Crippen molar-refractivity contribution in [2.45, 2.75) is 44.6 Å². The molecule has 98 valence electrons. The Morgan fingerprint density at radius 3 is 2.44 bits per heavy atom. The first-order valence-corrected chi connectivity index (χ1v) is 6.16. The summed E-state index contributed by atoms with van der Waals surface area (Å²) in [6, 6.07) is 0.0909. The SMILES string of the molecule is O=C(NC1CCCCCC1)c1n[nH]c(=O)[nH]c1=O. The fourth-order valence-electron chi connectivity index (χ4n) is 2.18. The van der Waals surface area contributed by atoms with E-state index < -0.39 is 17.2 Å². The molecule has 0 unspecified atom stereocenters. The number of nitrogens with one attached hydrogen (secondary N) is 3. The summed E-state index contributed by atoms with van der Waals surface area (Å²) in [4.78, 5) is 36.0. The molecule has 0 aromatic carbocycles. The molecule has 1 aliphatic carbocycles. The standard InChI is InChI=1S/C11H16N4O3/c16-9(8-10(17)13-11(18)15-14-8)12-7-5-3-1-2-4-6-7/h7H,1-6H2,(H,12,16)(H2,13,15,17,18). The van der Waals surface area contributed by atoms with E-state index >= 15 is 0 Å². The smallest absolute Gasteiger partial charge is 0.342 e. The number of amides is 1. The first-order chi connectivity index (χ1) is 8.66. The monoisotopic (exact) mass is 252 g/mol. The first kappa shape index (κ1) is 12.5. The lowest BCUT2D eigenvalue weighted by Crippen LogP contribution is -2.40. The Balaban J connectivity index is 2.06. The van der Waals surface area contributed by atoms with Gasteiger partial charge in [0.2, 0.25) is 5.69 Å². The topological polar surface area (TPSA) is 108 Å². The lowest BCUT2D eigenvalue weighted by molar-refractivity contribution is 0.0925. The van der Waals surface area contributed by atoms with Crippen molar-refractivity contribution in [2.75, 3.05) is 0 Å². The van der Waals surface area contributed by atoms with Crippen molar-refractivity contribution in [2.24, 2.45) is 0 Å². The van der Waals surface area contributed by atoms with E-state index in [2.05, 4.69) is 10.4 Å². The van der Waals surface area contributed by atoms with Crippen molar-refractivity contribution in [3.8, 4) is 0 Å². The lowest BCUT2D eigenvalue weighted by atomic mass is 10.1. The average Bonchev–Trinajstić information content (AvgIpc) is 2.57. The van der Waals surface area contributed by atoms with E-state index in [0.29, 0.717) is 0 Å². The van der Waals surface area contributed by atoms with Gasteiger partial charge in [-0.15, -0.1) is 0 Å². The first-order valence-electron chi connectivity index (χ1n) is 6.16. The molecule has 1 saturated carbocycles. The highest BCUT2D eigenvalue weighted by Crippen LogP contribution is 2.17. The molecule has 1 aromatic heterocycles. The molecule has 1 fully saturated rings. The van der Waals surface area contributed by atoms with Crippen molar-refractivity contribution in [3.63, 3.8) is 0 Å². The Morgan fingerprint density at radius 1 is 1.17 bits per heavy atom. The summed E-state index contributed by atoms with van der Waals surface area (Å²) in [7, 11) is 0. The van der Waals surface area contributed by atoms with E-state index in [-0.39, 0.29) is 11.7 Å². The van der Waals surface area contributed by atoms with Crippen LogP contribution in [0.3, 0.4) is 0 Å². The van der Waals surface area contributed by atoms with Gasteiger partial charge in [-0.3, -0.25) is 14.6 Å². The van der Waals surface area contributed by atoms with Gasteiger partial charge in [-0.05, 0) is 12.8 Å². The van der Waals surface area contributed by atoms with Crippen LogP contribution in [0, 0.1) is 0 Å². The zero-order chi connectivity index (χ0) is 13.0. The van der Waals surface area contributed by atoms with Crippen LogP contribution in [-0.2, 0) is 0 Å². The Bertz CT molecular complexity index is 526. The van der Waals surface area contributed by atoms with Gasteiger partial charge in [0.05, 0.1) is 0 Å². The van der Waals surface area contributed by atoms with Gasteiger partial charge in [0.25, 0.3) is 11.5 Å². The third-order valence-corrected chi connectivity index (χ3v) is 3.12. The molecular weight excluding hydrogens is 236 g/mol. The van der Waals surface area contributed by atoms with E-state index in [1.54, 1.807) is 0 Å². The summed E-state index contributed by atoms with van der Waals surface area (Å²) in [6.07, 6.45) is 6.38. The molecule has 1 amide bonds. The van der Waals surface area contributed by atoms with Crippen LogP contribution in [0.15, 0.2) is 9.59 Å². The van der Waals surface area contributed by atoms with E-state index in [4.69, 9.17) is 0 Å². The van der Waals surface area contributed by atoms with Crippen LogP contribution in [0.5, 0.6) is 0 Å². The van der Waals surface area contributed by atoms with E-state index in [0.717, 1.165) is 25.7 Å². The summed E-state index contributed by atoms with van der Waals surface area (Å²) in [6.45, 7) is 0. The molecule has 1 aromatic rings. The molecule has 7 nitrogen and oxygen atoms in total. The zero-order valence-corrected chi connectivity index (χ0v) is 9.99. The van der Waals surface area contributed by atoms with Crippen LogP contribution >= 0.6 is 0 Å². The normalized spacial score (nSPS) is 17.1. The number of carbonyl (C=O) groups excluding carboxylic acids is 1. The molecular formula is C11H16N4O3. The molecule has 2 rings (SSSR count). The summed E-state index contributed by atoms with van der Waals surface area (Å²) in [5.74, 6) is -0.528. The van der Waals surface area contributed by atoms with Gasteiger partial charge in [-0.25, -0.2) is 9.89 Å². The van der Waals surface area contributed by atoms with E-state index in [9.17, 15) is 14.4 Å². The van der Waals surface area contributed by atoms with Crippen molar-refractivity contribution < 1.29 is 4.79 Å². The third-order valence-electron chi connectivity index (χ3n) is 3.12. The summed E-state index contributed by atoms with van der Waals surface area (Å²) < 4.78 is 0. The van der Waals surface area contributed by atoms with Crippen LogP contribution in [0.25, 0.3) is 0 Å². The lowest BCUT2D eigenvalue weighted by Gasteiger charge is -2.15. The Hall–Kier alpha value is -1.92. The highest BCUT2D eigenvalue weighted by atomic mass is 16.2. The second-order valence-corrected chi connectivity index (χ2v) is 4.52. The summed E-state index contributed by atoms with van der Waals surface area (Å²) >= 11 is 0. The van der Waals surface area contributed by atoms with Gasteiger partial charge < -0.3 is 5.32 Å². The van der Waals surface area contributed by atoms with Gasteiger partial charge in [0, 0.05) is 6.04 Å². The molecule has 7 heteroatoms. The van der Waals surface area contributed by atoms with Crippen molar-refractivity contribution in [1.82, 2.24) is 20.5 Å². The quantitative estimate of drug-likeness (QED) is 0.639. The molecule has 0 spiro atoms. The van der Waals surface area contributed by atoms with E-state index in [1.165, 1.54) is 12.8 Å². The highest BCUT2D eigenvalue weighted by Gasteiger charge is 2.18. The zero-order valence-electron chi connectivity index (χ0n) is 9.99. The maximum atomic E-state index is 11.8. The van der Waals surface area contributed by atoms with Crippen LogP contribution in [0.4, 0.5) is 0 Å². The van der Waals surface area contributed by atoms with Crippen LogP contribution in [0.2, 0.25) is 0 Å². The number of nitrogens with zero attached hydrogens (tertiary/aromatic N) is 1. The second-order valence-electron chi connectivity index (χ2n) is 4.52. The van der Waals surface area contributed by atoms with Crippen LogP contribution in [-0.4, -0.2) is 27.1 Å². The number of aromatic nitrogens is 3. The van der Waals surface area contributed by atoms with Gasteiger partial charge >= 0.3 is 5.69 Å². The number of hydrogen-bond donors (Lipinski definition) is 3. The third kappa shape index (κ3) is 3.06. The molecule has 0 aliphatic heterocycles. The van der Waals surface area contributed by atoms with Crippen LogP contribution < -0.4 is 16.6 Å². The minimum atomic E-state index is -0.759. The number of carbonyl (C=O) groups is 1. The predicted molar refractivity (Wildman–Crippen MR) is 64.4 cm³/mol.